The molecule has 0 unspecified atom stereocenters. The van der Waals surface area contributed by atoms with Crippen LogP contribution in [0.5, 0.6) is 5.75 Å². The van der Waals surface area contributed by atoms with Crippen molar-refractivity contribution in [3.63, 3.8) is 0 Å². The fourth-order valence-corrected chi connectivity index (χ4v) is 2.00. The molecule has 0 fully saturated rings. The third-order valence-electron chi connectivity index (χ3n) is 2.84. The quantitative estimate of drug-likeness (QED) is 0.824. The number of rotatable bonds is 5. The van der Waals surface area contributed by atoms with Crippen LogP contribution < -0.4 is 10.1 Å². The summed E-state index contributed by atoms with van der Waals surface area (Å²) in [6.45, 7) is 4.65. The van der Waals surface area contributed by atoms with Crippen LogP contribution in [0.3, 0.4) is 0 Å². The minimum absolute atomic E-state index is 0.208. The number of amides is 1. The van der Waals surface area contributed by atoms with Gasteiger partial charge in [0, 0.05) is 6.20 Å². The highest BCUT2D eigenvalue weighted by molar-refractivity contribution is 9.10. The van der Waals surface area contributed by atoms with Crippen molar-refractivity contribution in [1.82, 2.24) is 4.98 Å². The number of nitrogens with zero attached hydrogens (tertiary/aromatic N) is 1. The highest BCUT2D eigenvalue weighted by Crippen LogP contribution is 2.26. The fraction of sp³-hybridized carbons (Fsp3) is 0.250. The number of aryl methyl sites for hydroxylation is 1. The highest BCUT2D eigenvalue weighted by atomic mass is 79.9. The van der Waals surface area contributed by atoms with E-state index in [1.54, 1.807) is 12.1 Å². The van der Waals surface area contributed by atoms with Crippen molar-refractivity contribution >= 4 is 27.5 Å². The van der Waals surface area contributed by atoms with Gasteiger partial charge in [-0.1, -0.05) is 13.0 Å². The number of hydrogen-bond acceptors (Lipinski definition) is 3. The maximum absolute atomic E-state index is 12.2. The van der Waals surface area contributed by atoms with E-state index in [1.165, 1.54) is 6.20 Å². The van der Waals surface area contributed by atoms with Crippen molar-refractivity contribution in [3.8, 4) is 5.75 Å². The number of nitrogens with one attached hydrogen (secondary N) is 1. The minimum Gasteiger partial charge on any atom is -0.491 e. The molecule has 1 N–H and O–H groups in total. The predicted molar refractivity (Wildman–Crippen MR) is 86.9 cm³/mol. The largest absolute Gasteiger partial charge is 0.491 e. The predicted octanol–water partition coefficient (Wildman–Crippen LogP) is 4.19. The van der Waals surface area contributed by atoms with Gasteiger partial charge in [-0.2, -0.15) is 0 Å². The summed E-state index contributed by atoms with van der Waals surface area (Å²) in [5.74, 6) is 0.482. The Hall–Kier alpha value is -1.88. The zero-order valence-corrected chi connectivity index (χ0v) is 13.6. The van der Waals surface area contributed by atoms with Crippen LogP contribution in [-0.2, 0) is 0 Å². The van der Waals surface area contributed by atoms with E-state index >= 15 is 0 Å². The molecule has 0 saturated carbocycles. The van der Waals surface area contributed by atoms with Crippen molar-refractivity contribution in [1.29, 1.82) is 0 Å². The number of anilines is 1. The molecule has 2 rings (SSSR count). The average Bonchev–Trinajstić information content (AvgIpc) is 2.48. The maximum Gasteiger partial charge on any atom is 0.257 e. The molecule has 0 aliphatic rings. The number of carbonyl (C=O) groups is 1. The van der Waals surface area contributed by atoms with Crippen molar-refractivity contribution in [2.75, 3.05) is 11.9 Å². The SMILES string of the molecule is CCCOc1cc(C)ccc1NC(=O)c1ccc(Br)nc1. The molecule has 0 atom stereocenters. The van der Waals surface area contributed by atoms with E-state index in [0.717, 1.165) is 12.0 Å². The Bertz CT molecular complexity index is 627. The summed E-state index contributed by atoms with van der Waals surface area (Å²) in [6.07, 6.45) is 2.44. The first-order chi connectivity index (χ1) is 10.1. The molecule has 0 radical (unpaired) electrons. The summed E-state index contributed by atoms with van der Waals surface area (Å²) in [6, 6.07) is 9.16. The van der Waals surface area contributed by atoms with Crippen LogP contribution in [0.1, 0.15) is 29.3 Å². The maximum atomic E-state index is 12.2. The van der Waals surface area contributed by atoms with Gasteiger partial charge in [-0.25, -0.2) is 4.98 Å². The monoisotopic (exact) mass is 348 g/mol. The van der Waals surface area contributed by atoms with Gasteiger partial charge in [-0.15, -0.1) is 0 Å². The molecule has 1 heterocycles. The second kappa shape index (κ2) is 7.22. The molecule has 21 heavy (non-hydrogen) atoms. The van der Waals surface area contributed by atoms with Crippen molar-refractivity contribution in [3.05, 3.63) is 52.3 Å². The molecule has 110 valence electrons. The Kier molecular flexibility index (Phi) is 5.33. The molecular weight excluding hydrogens is 332 g/mol. The van der Waals surface area contributed by atoms with Gasteiger partial charge in [-0.3, -0.25) is 4.79 Å². The van der Waals surface area contributed by atoms with Crippen molar-refractivity contribution in [2.24, 2.45) is 0 Å². The zero-order chi connectivity index (χ0) is 15.2. The number of halogens is 1. The van der Waals surface area contributed by atoms with Gasteiger partial charge in [0.15, 0.2) is 0 Å². The summed E-state index contributed by atoms with van der Waals surface area (Å²) >= 11 is 3.25. The van der Waals surface area contributed by atoms with Gasteiger partial charge in [0.2, 0.25) is 0 Å². The van der Waals surface area contributed by atoms with E-state index in [4.69, 9.17) is 4.74 Å². The lowest BCUT2D eigenvalue weighted by Crippen LogP contribution is -2.13. The topological polar surface area (TPSA) is 51.2 Å². The van der Waals surface area contributed by atoms with Gasteiger partial charge in [-0.05, 0) is 59.1 Å². The van der Waals surface area contributed by atoms with Crippen LogP contribution in [0.15, 0.2) is 41.1 Å². The Morgan fingerprint density at radius 2 is 2.14 bits per heavy atom. The van der Waals surface area contributed by atoms with E-state index in [1.807, 2.05) is 32.0 Å². The number of benzene rings is 1. The van der Waals surface area contributed by atoms with Crippen LogP contribution in [0.2, 0.25) is 0 Å². The van der Waals surface area contributed by atoms with Gasteiger partial charge >= 0.3 is 0 Å². The number of aromatic nitrogens is 1. The van der Waals surface area contributed by atoms with E-state index < -0.39 is 0 Å². The molecule has 0 aliphatic heterocycles. The summed E-state index contributed by atoms with van der Waals surface area (Å²) < 4.78 is 6.38. The molecule has 0 bridgehead atoms. The Balaban J connectivity index is 2.18. The number of pyridine rings is 1. The molecule has 1 aromatic heterocycles. The molecule has 1 amide bonds. The van der Waals surface area contributed by atoms with Crippen molar-refractivity contribution < 1.29 is 9.53 Å². The molecule has 5 heteroatoms. The summed E-state index contributed by atoms with van der Waals surface area (Å²) in [5, 5.41) is 2.86. The Labute approximate surface area is 132 Å². The van der Waals surface area contributed by atoms with Gasteiger partial charge in [0.1, 0.15) is 10.4 Å². The number of carbonyl (C=O) groups excluding carboxylic acids is 1. The van der Waals surface area contributed by atoms with Gasteiger partial charge < -0.3 is 10.1 Å². The van der Waals surface area contributed by atoms with E-state index in [9.17, 15) is 4.79 Å². The average molecular weight is 349 g/mol. The molecular formula is C16H17BrN2O2. The third kappa shape index (κ3) is 4.29. The standard InChI is InChI=1S/C16H17BrN2O2/c1-3-8-21-14-9-11(2)4-6-13(14)19-16(20)12-5-7-15(17)18-10-12/h4-7,9-10H,3,8H2,1-2H3,(H,19,20). The number of hydrogen-bond donors (Lipinski definition) is 1. The summed E-state index contributed by atoms with van der Waals surface area (Å²) in [5.41, 5.74) is 2.26. The fourth-order valence-electron chi connectivity index (χ4n) is 1.77. The molecule has 2 aromatic rings. The lowest BCUT2D eigenvalue weighted by molar-refractivity contribution is 0.102. The summed E-state index contributed by atoms with van der Waals surface area (Å²) in [4.78, 5) is 16.3. The second-order valence-corrected chi connectivity index (χ2v) is 5.48. The van der Waals surface area contributed by atoms with Crippen LogP contribution in [0.4, 0.5) is 5.69 Å². The zero-order valence-electron chi connectivity index (χ0n) is 12.0. The first kappa shape index (κ1) is 15.5. The van der Waals surface area contributed by atoms with Crippen molar-refractivity contribution in [2.45, 2.75) is 20.3 Å². The Morgan fingerprint density at radius 1 is 1.33 bits per heavy atom. The molecule has 4 nitrogen and oxygen atoms in total. The van der Waals surface area contributed by atoms with E-state index in [2.05, 4.69) is 26.2 Å². The first-order valence-corrected chi connectivity index (χ1v) is 7.56. The normalized spacial score (nSPS) is 10.2. The molecule has 0 saturated heterocycles. The van der Waals surface area contributed by atoms with Gasteiger partial charge in [0.25, 0.3) is 5.91 Å². The minimum atomic E-state index is -0.208. The second-order valence-electron chi connectivity index (χ2n) is 4.67. The lowest BCUT2D eigenvalue weighted by atomic mass is 10.2. The summed E-state index contributed by atoms with van der Waals surface area (Å²) in [7, 11) is 0. The van der Waals surface area contributed by atoms with E-state index in [0.29, 0.717) is 28.2 Å². The highest BCUT2D eigenvalue weighted by Gasteiger charge is 2.10. The third-order valence-corrected chi connectivity index (χ3v) is 3.31. The van der Waals surface area contributed by atoms with Crippen LogP contribution in [0.25, 0.3) is 0 Å². The Morgan fingerprint density at radius 3 is 2.81 bits per heavy atom. The van der Waals surface area contributed by atoms with Gasteiger partial charge in [0.05, 0.1) is 17.9 Å². The molecule has 1 aromatic carbocycles. The lowest BCUT2D eigenvalue weighted by Gasteiger charge is -2.13. The van der Waals surface area contributed by atoms with E-state index in [-0.39, 0.29) is 5.91 Å². The van der Waals surface area contributed by atoms with Crippen LogP contribution >= 0.6 is 15.9 Å². The van der Waals surface area contributed by atoms with Crippen LogP contribution in [0, 0.1) is 6.92 Å². The molecule has 0 spiro atoms. The number of ether oxygens (including phenoxy) is 1. The first-order valence-electron chi connectivity index (χ1n) is 6.76. The molecule has 0 aliphatic carbocycles. The van der Waals surface area contributed by atoms with Crippen LogP contribution in [-0.4, -0.2) is 17.5 Å². The smallest absolute Gasteiger partial charge is 0.257 e.